The summed E-state index contributed by atoms with van der Waals surface area (Å²) in [7, 11) is 1.78. The number of ether oxygens (including phenoxy) is 1. The van der Waals surface area contributed by atoms with Gasteiger partial charge < -0.3 is 14.6 Å². The molecule has 2 aromatic heterocycles. The molecule has 3 heterocycles. The van der Waals surface area contributed by atoms with E-state index in [1.54, 1.807) is 36.4 Å². The highest BCUT2D eigenvalue weighted by Gasteiger charge is 2.32. The topological polar surface area (TPSA) is 81.9 Å². The van der Waals surface area contributed by atoms with Crippen LogP contribution in [0.3, 0.4) is 0 Å². The van der Waals surface area contributed by atoms with Crippen molar-refractivity contribution >= 4 is 5.91 Å². The molecule has 7 heteroatoms. The highest BCUT2D eigenvalue weighted by molar-refractivity contribution is 5.90. The molecule has 1 unspecified atom stereocenters. The van der Waals surface area contributed by atoms with E-state index in [2.05, 4.69) is 20.3 Å². The lowest BCUT2D eigenvalue weighted by atomic mass is 9.95. The van der Waals surface area contributed by atoms with E-state index in [1.165, 1.54) is 0 Å². The number of amides is 1. The van der Waals surface area contributed by atoms with Crippen LogP contribution < -0.4 is 5.32 Å². The molecule has 7 nitrogen and oxygen atoms in total. The van der Waals surface area contributed by atoms with Crippen molar-refractivity contribution < 1.29 is 9.53 Å². The molecule has 23 heavy (non-hydrogen) atoms. The lowest BCUT2D eigenvalue weighted by Gasteiger charge is -2.32. The minimum atomic E-state index is -0.396. The first-order valence-corrected chi connectivity index (χ1v) is 7.79. The molecule has 0 radical (unpaired) electrons. The summed E-state index contributed by atoms with van der Waals surface area (Å²) < 4.78 is 7.52. The third-order valence-electron chi connectivity index (χ3n) is 4.12. The molecule has 3 rings (SSSR count). The summed E-state index contributed by atoms with van der Waals surface area (Å²) in [6, 6.07) is 0. The zero-order chi connectivity index (χ0) is 16.3. The van der Waals surface area contributed by atoms with Gasteiger partial charge >= 0.3 is 0 Å². The van der Waals surface area contributed by atoms with Crippen molar-refractivity contribution in [1.29, 1.82) is 0 Å². The number of imidazole rings is 1. The fourth-order valence-corrected chi connectivity index (χ4v) is 2.68. The molecular formula is C16H21N5O2. The maximum atomic E-state index is 12.0. The number of aryl methyl sites for hydroxylation is 1. The van der Waals surface area contributed by atoms with Crippen LogP contribution in [0.1, 0.15) is 48.2 Å². The van der Waals surface area contributed by atoms with Crippen LogP contribution in [-0.2, 0) is 23.9 Å². The van der Waals surface area contributed by atoms with Crippen LogP contribution in [0.4, 0.5) is 0 Å². The summed E-state index contributed by atoms with van der Waals surface area (Å²) in [6.45, 7) is 3.15. The first-order valence-electron chi connectivity index (χ1n) is 7.79. The number of hydrogen-bond acceptors (Lipinski definition) is 5. The van der Waals surface area contributed by atoms with Crippen LogP contribution in [0.25, 0.3) is 0 Å². The van der Waals surface area contributed by atoms with Gasteiger partial charge in [0.15, 0.2) is 11.6 Å². The van der Waals surface area contributed by atoms with Crippen molar-refractivity contribution in [3.63, 3.8) is 0 Å². The van der Waals surface area contributed by atoms with Gasteiger partial charge in [-0.3, -0.25) is 4.79 Å². The molecule has 1 amide bonds. The molecule has 2 aromatic rings. The average molecular weight is 315 g/mol. The van der Waals surface area contributed by atoms with Crippen LogP contribution >= 0.6 is 0 Å². The predicted molar refractivity (Wildman–Crippen MR) is 83.6 cm³/mol. The molecule has 1 aliphatic heterocycles. The highest BCUT2D eigenvalue weighted by atomic mass is 16.5. The zero-order valence-electron chi connectivity index (χ0n) is 13.5. The summed E-state index contributed by atoms with van der Waals surface area (Å²) in [5, 5.41) is 2.82. The quantitative estimate of drug-likeness (QED) is 0.926. The third kappa shape index (κ3) is 3.39. The Labute approximate surface area is 135 Å². The SMILES string of the molecule is Cn1ccnc1C(=O)NCc1cnc(C2(C)CCCCO2)nc1. The molecule has 0 spiro atoms. The van der Waals surface area contributed by atoms with E-state index in [9.17, 15) is 4.79 Å². The largest absolute Gasteiger partial charge is 0.367 e. The second-order valence-electron chi connectivity index (χ2n) is 6.00. The number of nitrogens with zero attached hydrogens (tertiary/aromatic N) is 4. The number of rotatable bonds is 4. The molecule has 1 N–H and O–H groups in total. The lowest BCUT2D eigenvalue weighted by Crippen LogP contribution is -2.32. The molecule has 1 fully saturated rings. The van der Waals surface area contributed by atoms with E-state index in [1.807, 2.05) is 6.92 Å². The van der Waals surface area contributed by atoms with Crippen molar-refractivity contribution in [2.45, 2.75) is 38.3 Å². The van der Waals surface area contributed by atoms with E-state index in [0.717, 1.165) is 31.4 Å². The van der Waals surface area contributed by atoms with Crippen LogP contribution in [0.5, 0.6) is 0 Å². The summed E-state index contributed by atoms with van der Waals surface area (Å²) >= 11 is 0. The Morgan fingerprint density at radius 3 is 2.74 bits per heavy atom. The van der Waals surface area contributed by atoms with Gasteiger partial charge in [0, 0.05) is 50.6 Å². The number of carbonyl (C=O) groups is 1. The van der Waals surface area contributed by atoms with Gasteiger partial charge in [-0.1, -0.05) is 0 Å². The molecule has 1 aliphatic rings. The van der Waals surface area contributed by atoms with Gasteiger partial charge in [-0.05, 0) is 26.2 Å². The maximum absolute atomic E-state index is 12.0. The van der Waals surface area contributed by atoms with Gasteiger partial charge in [0.1, 0.15) is 5.60 Å². The first-order chi connectivity index (χ1) is 11.1. The normalized spacial score (nSPS) is 21.1. The van der Waals surface area contributed by atoms with Crippen LogP contribution in [0.2, 0.25) is 0 Å². The molecule has 1 atom stereocenters. The van der Waals surface area contributed by atoms with Crippen molar-refractivity contribution in [1.82, 2.24) is 24.8 Å². The number of aromatic nitrogens is 4. The van der Waals surface area contributed by atoms with Crippen LogP contribution in [0, 0.1) is 0 Å². The fourth-order valence-electron chi connectivity index (χ4n) is 2.68. The fraction of sp³-hybridized carbons (Fsp3) is 0.500. The van der Waals surface area contributed by atoms with E-state index >= 15 is 0 Å². The Morgan fingerprint density at radius 1 is 1.35 bits per heavy atom. The Bertz CT molecular complexity index is 674. The monoisotopic (exact) mass is 315 g/mol. The van der Waals surface area contributed by atoms with Crippen LogP contribution in [-0.4, -0.2) is 32.0 Å². The molecule has 0 bridgehead atoms. The van der Waals surface area contributed by atoms with Gasteiger partial charge in [0.25, 0.3) is 5.91 Å². The van der Waals surface area contributed by atoms with E-state index in [4.69, 9.17) is 4.74 Å². The molecule has 122 valence electrons. The second kappa shape index (κ2) is 6.45. The number of carbonyl (C=O) groups excluding carboxylic acids is 1. The Hall–Kier alpha value is -2.28. The Kier molecular flexibility index (Phi) is 4.38. The van der Waals surface area contributed by atoms with Crippen molar-refractivity contribution in [2.24, 2.45) is 7.05 Å². The van der Waals surface area contributed by atoms with Gasteiger partial charge in [0.05, 0.1) is 0 Å². The Balaban J connectivity index is 1.61. The molecule has 0 saturated carbocycles. The predicted octanol–water partition coefficient (Wildman–Crippen LogP) is 1.56. The molecule has 0 aromatic carbocycles. The average Bonchev–Trinajstić information content (AvgIpc) is 3.00. The summed E-state index contributed by atoms with van der Waals surface area (Å²) in [6.07, 6.45) is 9.96. The van der Waals surface area contributed by atoms with Gasteiger partial charge in [-0.15, -0.1) is 0 Å². The van der Waals surface area contributed by atoms with Gasteiger partial charge in [0.2, 0.25) is 0 Å². The summed E-state index contributed by atoms with van der Waals surface area (Å²) in [5.74, 6) is 0.867. The van der Waals surface area contributed by atoms with Gasteiger partial charge in [-0.25, -0.2) is 15.0 Å². The third-order valence-corrected chi connectivity index (χ3v) is 4.12. The highest BCUT2D eigenvalue weighted by Crippen LogP contribution is 2.32. The lowest BCUT2D eigenvalue weighted by molar-refractivity contribution is -0.0760. The number of hydrogen-bond donors (Lipinski definition) is 1. The second-order valence-corrected chi connectivity index (χ2v) is 6.00. The molecule has 1 saturated heterocycles. The van der Waals surface area contributed by atoms with Gasteiger partial charge in [-0.2, -0.15) is 0 Å². The maximum Gasteiger partial charge on any atom is 0.287 e. The first kappa shape index (κ1) is 15.6. The summed E-state index contributed by atoms with van der Waals surface area (Å²) in [4.78, 5) is 24.9. The Morgan fingerprint density at radius 2 is 2.13 bits per heavy atom. The van der Waals surface area contributed by atoms with Crippen molar-refractivity contribution in [2.75, 3.05) is 6.61 Å². The number of nitrogens with one attached hydrogen (secondary N) is 1. The van der Waals surface area contributed by atoms with E-state index < -0.39 is 5.60 Å². The molecular weight excluding hydrogens is 294 g/mol. The van der Waals surface area contributed by atoms with Crippen LogP contribution in [0.15, 0.2) is 24.8 Å². The smallest absolute Gasteiger partial charge is 0.287 e. The standard InChI is InChI=1S/C16H21N5O2/c1-16(5-3-4-8-23-16)15-19-10-12(11-20-15)9-18-14(22)13-17-6-7-21(13)2/h6-7,10-11H,3-5,8-9H2,1-2H3,(H,18,22). The zero-order valence-corrected chi connectivity index (χ0v) is 13.5. The minimum Gasteiger partial charge on any atom is -0.367 e. The van der Waals surface area contributed by atoms with E-state index in [0.29, 0.717) is 18.2 Å². The summed E-state index contributed by atoms with van der Waals surface area (Å²) in [5.41, 5.74) is 0.447. The molecule has 0 aliphatic carbocycles. The van der Waals surface area contributed by atoms with E-state index in [-0.39, 0.29) is 5.91 Å². The van der Waals surface area contributed by atoms with Crippen molar-refractivity contribution in [3.05, 3.63) is 42.0 Å². The van der Waals surface area contributed by atoms with Crippen molar-refractivity contribution in [3.8, 4) is 0 Å². The minimum absolute atomic E-state index is 0.218.